The molecule has 1 aliphatic heterocycles. The topological polar surface area (TPSA) is 12.9 Å². The van der Waals surface area contributed by atoms with Crippen LogP contribution in [0.2, 0.25) is 0 Å². The van der Waals surface area contributed by atoms with E-state index >= 15 is 0 Å². The number of pyridine rings is 1. The molecule has 0 radical (unpaired) electrons. The van der Waals surface area contributed by atoms with Crippen molar-refractivity contribution in [1.29, 1.82) is 0 Å². The van der Waals surface area contributed by atoms with Crippen molar-refractivity contribution in [2.45, 2.75) is 25.1 Å². The molecule has 0 N–H and O–H groups in total. The van der Waals surface area contributed by atoms with Crippen molar-refractivity contribution in [3.05, 3.63) is 30.1 Å². The first-order valence-electron chi connectivity index (χ1n) is 4.54. The van der Waals surface area contributed by atoms with Gasteiger partial charge in [0.15, 0.2) is 0 Å². The van der Waals surface area contributed by atoms with E-state index in [1.807, 2.05) is 12.3 Å². The van der Waals surface area contributed by atoms with Gasteiger partial charge in [-0.25, -0.2) is 0 Å². The second kappa shape index (κ2) is 3.66. The van der Waals surface area contributed by atoms with Crippen molar-refractivity contribution in [3.63, 3.8) is 0 Å². The number of nitrogens with zero attached hydrogens (tertiary/aromatic N) is 1. The average Bonchev–Trinajstić information content (AvgIpc) is 2.21. The molecule has 0 aliphatic carbocycles. The molecule has 1 unspecified atom stereocenters. The van der Waals surface area contributed by atoms with Crippen molar-refractivity contribution in [3.8, 4) is 0 Å². The molecular formula is C10H12BN. The number of hydrogen-bond acceptors (Lipinski definition) is 1. The molecule has 0 spiro atoms. The van der Waals surface area contributed by atoms with Crippen LogP contribution in [-0.2, 0) is 0 Å². The van der Waals surface area contributed by atoms with E-state index in [1.165, 1.54) is 25.0 Å². The minimum absolute atomic E-state index is 0.569. The summed E-state index contributed by atoms with van der Waals surface area (Å²) in [6.45, 7) is 2.28. The van der Waals surface area contributed by atoms with Gasteiger partial charge in [0, 0.05) is 0 Å². The molecule has 0 amide bonds. The van der Waals surface area contributed by atoms with Crippen LogP contribution in [0.25, 0.3) is 0 Å². The first-order valence-corrected chi connectivity index (χ1v) is 4.54. The van der Waals surface area contributed by atoms with Crippen molar-refractivity contribution in [1.82, 2.24) is 4.98 Å². The van der Waals surface area contributed by atoms with E-state index in [2.05, 4.69) is 30.0 Å². The standard InChI is InChI=1S/C10H12BN/c1-3-7-11-9(5-1)10-6-2-4-8-12-10/h2,4,6-9H,1,3,5H2. The van der Waals surface area contributed by atoms with Crippen LogP contribution in [-0.4, -0.2) is 17.9 Å². The summed E-state index contributed by atoms with van der Waals surface area (Å²) >= 11 is 0. The van der Waals surface area contributed by atoms with E-state index in [9.17, 15) is 0 Å². The second-order valence-corrected chi connectivity index (χ2v) is 3.22. The molecule has 0 saturated heterocycles. The van der Waals surface area contributed by atoms with Crippen LogP contribution < -0.4 is 0 Å². The van der Waals surface area contributed by atoms with Gasteiger partial charge in [-0.3, -0.25) is 0 Å². The molecule has 1 aliphatic rings. The molecule has 60 valence electrons. The zero-order valence-corrected chi connectivity index (χ0v) is 7.11. The summed E-state index contributed by atoms with van der Waals surface area (Å²) in [6.07, 6.45) is 5.67. The fourth-order valence-electron chi connectivity index (χ4n) is 1.65. The van der Waals surface area contributed by atoms with Gasteiger partial charge in [-0.05, 0) is 0 Å². The van der Waals surface area contributed by atoms with E-state index in [0.717, 1.165) is 0 Å². The summed E-state index contributed by atoms with van der Waals surface area (Å²) in [7, 11) is 0. The van der Waals surface area contributed by atoms with Crippen LogP contribution in [0.3, 0.4) is 0 Å². The fourth-order valence-corrected chi connectivity index (χ4v) is 1.65. The second-order valence-electron chi connectivity index (χ2n) is 3.22. The van der Waals surface area contributed by atoms with Gasteiger partial charge in [0.2, 0.25) is 0 Å². The van der Waals surface area contributed by atoms with Crippen LogP contribution in [0.15, 0.2) is 24.4 Å². The van der Waals surface area contributed by atoms with Crippen LogP contribution in [0, 0.1) is 0 Å². The molecule has 0 aromatic carbocycles. The third-order valence-corrected chi connectivity index (χ3v) is 2.32. The zero-order chi connectivity index (χ0) is 8.23. The van der Waals surface area contributed by atoms with Gasteiger partial charge in [0.05, 0.1) is 0 Å². The summed E-state index contributed by atoms with van der Waals surface area (Å²) in [5.41, 5.74) is 1.22. The average molecular weight is 157 g/mol. The minimum atomic E-state index is 0.569. The summed E-state index contributed by atoms with van der Waals surface area (Å²) in [4.78, 5) is 4.35. The molecule has 1 atom stereocenters. The monoisotopic (exact) mass is 157 g/mol. The predicted octanol–water partition coefficient (Wildman–Crippen LogP) is 1.81. The van der Waals surface area contributed by atoms with E-state index < -0.39 is 0 Å². The van der Waals surface area contributed by atoms with E-state index in [4.69, 9.17) is 0 Å². The summed E-state index contributed by atoms with van der Waals surface area (Å²) in [6, 6.07) is 6.14. The van der Waals surface area contributed by atoms with Gasteiger partial charge >= 0.3 is 73.0 Å². The molecule has 12 heavy (non-hydrogen) atoms. The van der Waals surface area contributed by atoms with E-state index in [0.29, 0.717) is 5.82 Å². The van der Waals surface area contributed by atoms with E-state index in [1.54, 1.807) is 0 Å². The Morgan fingerprint density at radius 3 is 3.08 bits per heavy atom. The van der Waals surface area contributed by atoms with Gasteiger partial charge in [0.25, 0.3) is 0 Å². The maximum atomic E-state index is 4.35. The Balaban J connectivity index is 2.19. The van der Waals surface area contributed by atoms with Gasteiger partial charge in [-0.1, -0.05) is 0 Å². The Kier molecular flexibility index (Phi) is 2.35. The van der Waals surface area contributed by atoms with Crippen molar-refractivity contribution >= 4 is 12.9 Å². The fraction of sp³-hybridized carbons (Fsp3) is 0.400. The number of hydrogen-bond donors (Lipinski definition) is 0. The molecule has 1 aromatic heterocycles. The predicted molar refractivity (Wildman–Crippen MR) is 52.6 cm³/mol. The molecule has 1 nitrogen and oxygen atoms in total. The summed E-state index contributed by atoms with van der Waals surface area (Å²) in [5, 5.41) is 0. The molecule has 2 heteroatoms. The Morgan fingerprint density at radius 1 is 1.42 bits per heavy atom. The van der Waals surface area contributed by atoms with Crippen molar-refractivity contribution < 1.29 is 0 Å². The quantitative estimate of drug-likeness (QED) is 0.566. The Labute approximate surface area is 73.7 Å². The van der Waals surface area contributed by atoms with Crippen LogP contribution in [0.4, 0.5) is 0 Å². The first kappa shape index (κ1) is 7.72. The maximum absolute atomic E-state index is 4.35. The molecular weight excluding hydrogens is 145 g/mol. The van der Waals surface area contributed by atoms with Gasteiger partial charge < -0.3 is 0 Å². The number of rotatable bonds is 1. The van der Waals surface area contributed by atoms with Gasteiger partial charge in [-0.2, -0.15) is 0 Å². The third kappa shape index (κ3) is 1.63. The van der Waals surface area contributed by atoms with Crippen LogP contribution in [0.5, 0.6) is 0 Å². The molecule has 0 saturated carbocycles. The van der Waals surface area contributed by atoms with Crippen LogP contribution in [0.1, 0.15) is 30.8 Å². The van der Waals surface area contributed by atoms with Gasteiger partial charge in [-0.15, -0.1) is 0 Å². The SMILES string of the molecule is B1=CCCCC1c1ccccn1. The Bertz CT molecular complexity index is 268. The molecule has 1 aromatic rings. The Hall–Kier alpha value is -0.915. The summed E-state index contributed by atoms with van der Waals surface area (Å²) < 4.78 is 0. The van der Waals surface area contributed by atoms with Gasteiger partial charge in [0.1, 0.15) is 0 Å². The van der Waals surface area contributed by atoms with Crippen molar-refractivity contribution in [2.75, 3.05) is 0 Å². The normalized spacial score (nSPS) is 21.8. The summed E-state index contributed by atoms with van der Waals surface area (Å²) in [5.74, 6) is 2.84. The molecule has 2 heterocycles. The third-order valence-electron chi connectivity index (χ3n) is 2.32. The van der Waals surface area contributed by atoms with Crippen LogP contribution >= 0.6 is 0 Å². The molecule has 2 rings (SSSR count). The Morgan fingerprint density at radius 2 is 2.42 bits per heavy atom. The molecule has 0 bridgehead atoms. The zero-order valence-electron chi connectivity index (χ0n) is 7.11. The van der Waals surface area contributed by atoms with Crippen molar-refractivity contribution in [2.24, 2.45) is 0 Å². The number of aromatic nitrogens is 1. The first-order chi connectivity index (χ1) is 5.97. The van der Waals surface area contributed by atoms with E-state index in [-0.39, 0.29) is 0 Å². The molecule has 0 fully saturated rings.